The molecule has 7 heteroatoms. The summed E-state index contributed by atoms with van der Waals surface area (Å²) in [6, 6.07) is 15.8. The molecule has 0 radical (unpaired) electrons. The van der Waals surface area contributed by atoms with Gasteiger partial charge in [-0.25, -0.2) is 0 Å². The summed E-state index contributed by atoms with van der Waals surface area (Å²) in [4.78, 5) is 23.3. The lowest BCUT2D eigenvalue weighted by atomic mass is 9.90. The third-order valence-corrected chi connectivity index (χ3v) is 9.62. The van der Waals surface area contributed by atoms with Crippen molar-refractivity contribution in [3.8, 4) is 0 Å². The highest BCUT2D eigenvalue weighted by Crippen LogP contribution is 2.34. The Labute approximate surface area is 247 Å². The van der Waals surface area contributed by atoms with Gasteiger partial charge in [-0.1, -0.05) is 43.3 Å². The number of pyridine rings is 1. The van der Waals surface area contributed by atoms with Gasteiger partial charge in [-0.2, -0.15) is 0 Å². The van der Waals surface area contributed by atoms with E-state index in [9.17, 15) is 4.79 Å². The molecule has 2 fully saturated rings. The van der Waals surface area contributed by atoms with Crippen LogP contribution in [0.4, 0.5) is 0 Å². The quantitative estimate of drug-likeness (QED) is 0.314. The van der Waals surface area contributed by atoms with Crippen LogP contribution in [0.1, 0.15) is 87.2 Å². The molecular formula is C34H52N6O. The lowest BCUT2D eigenvalue weighted by Gasteiger charge is -2.41. The highest BCUT2D eigenvalue weighted by molar-refractivity contribution is 5.79. The lowest BCUT2D eigenvalue weighted by molar-refractivity contribution is -0.125. The van der Waals surface area contributed by atoms with Gasteiger partial charge in [-0.15, -0.1) is 0 Å². The smallest absolute Gasteiger partial charge is 0.223 e. The molecule has 2 aliphatic carbocycles. The van der Waals surface area contributed by atoms with Crippen LogP contribution in [-0.2, 0) is 11.2 Å². The van der Waals surface area contributed by atoms with Gasteiger partial charge in [0.25, 0.3) is 0 Å². The molecule has 5 rings (SSSR count). The average molecular weight is 561 g/mol. The Morgan fingerprint density at radius 3 is 2.85 bits per heavy atom. The Hall–Kier alpha value is -2.32. The van der Waals surface area contributed by atoms with E-state index in [1.807, 2.05) is 6.20 Å². The lowest BCUT2D eigenvalue weighted by Crippen LogP contribution is -2.55. The fraction of sp³-hybridized carbons (Fsp3) is 0.647. The number of unbranched alkanes of at least 4 members (excludes halogenated alkanes) is 1. The van der Waals surface area contributed by atoms with E-state index in [2.05, 4.69) is 69.8 Å². The Kier molecular flexibility index (Phi) is 11.2. The van der Waals surface area contributed by atoms with Gasteiger partial charge in [0, 0.05) is 50.9 Å². The summed E-state index contributed by atoms with van der Waals surface area (Å²) in [5.41, 5.74) is 9.80. The van der Waals surface area contributed by atoms with Gasteiger partial charge in [-0.3, -0.25) is 14.7 Å². The second kappa shape index (κ2) is 15.2. The maximum absolute atomic E-state index is 13.2. The largest absolute Gasteiger partial charge is 0.349 e. The Morgan fingerprint density at radius 1 is 1.17 bits per heavy atom. The summed E-state index contributed by atoms with van der Waals surface area (Å²) in [7, 11) is 0. The summed E-state index contributed by atoms with van der Waals surface area (Å²) in [5.74, 6) is 1.08. The molecule has 1 aliphatic heterocycles. The van der Waals surface area contributed by atoms with Gasteiger partial charge in [0.05, 0.1) is 17.8 Å². The second-order valence-corrected chi connectivity index (χ2v) is 12.8. The number of hydrogen-bond donors (Lipinski definition) is 3. The molecule has 3 aliphatic rings. The molecule has 1 aromatic heterocycles. The summed E-state index contributed by atoms with van der Waals surface area (Å²) >= 11 is 0. The van der Waals surface area contributed by atoms with Gasteiger partial charge < -0.3 is 21.3 Å². The first-order valence-corrected chi connectivity index (χ1v) is 16.3. The number of fused-ring (bicyclic) bond motifs is 1. The number of carbonyl (C=O) groups excluding carboxylic acids is 1. The number of piperazine rings is 1. The molecule has 1 saturated carbocycles. The Bertz CT molecular complexity index is 1080. The molecule has 224 valence electrons. The van der Waals surface area contributed by atoms with Gasteiger partial charge in [0.1, 0.15) is 0 Å². The van der Waals surface area contributed by atoms with E-state index in [0.29, 0.717) is 18.0 Å². The first-order valence-electron chi connectivity index (χ1n) is 16.3. The molecule has 2 unspecified atom stereocenters. The first-order chi connectivity index (χ1) is 20.1. The zero-order chi connectivity index (χ0) is 28.4. The van der Waals surface area contributed by atoms with Gasteiger partial charge in [0.15, 0.2) is 0 Å². The minimum atomic E-state index is 0.0607. The predicted molar refractivity (Wildman–Crippen MR) is 166 cm³/mol. The number of aryl methyl sites for hydroxylation is 1. The molecule has 41 heavy (non-hydrogen) atoms. The summed E-state index contributed by atoms with van der Waals surface area (Å²) in [5, 5.41) is 7.28. The standard InChI is InChI=1S/C34H52N6O/c1-26-14-15-29(23-26)34(41)38-31(27-9-3-2-4-10-27)16-21-39-22-19-36-30(24-39)25-40(20-6-5-17-35)32-13-7-11-28-12-8-18-37-33(28)32/h2-4,8-10,12,18,26,29-32,36H,5-7,11,13-17,19-25,35H2,1H3,(H,38,41)/t26?,29?,30-,31+,32+/m1/s1. The maximum Gasteiger partial charge on any atom is 0.223 e. The zero-order valence-corrected chi connectivity index (χ0v) is 25.1. The van der Waals surface area contributed by atoms with Crippen LogP contribution in [0.15, 0.2) is 48.7 Å². The van der Waals surface area contributed by atoms with Crippen molar-refractivity contribution in [3.63, 3.8) is 0 Å². The Balaban J connectivity index is 1.20. The number of carbonyl (C=O) groups is 1. The van der Waals surface area contributed by atoms with Crippen molar-refractivity contribution in [2.45, 2.75) is 82.8 Å². The molecule has 0 spiro atoms. The summed E-state index contributed by atoms with van der Waals surface area (Å²) in [6.07, 6.45) is 11.9. The SMILES string of the molecule is CC1CCC(C(=O)N[C@@H](CCN2CCN[C@@H](CN(CCCCN)[C@H]3CCCc4cccnc43)C2)c2ccccc2)C1. The minimum Gasteiger partial charge on any atom is -0.349 e. The van der Waals surface area contributed by atoms with Crippen molar-refractivity contribution in [3.05, 3.63) is 65.5 Å². The first kappa shape index (κ1) is 30.1. The van der Waals surface area contributed by atoms with Gasteiger partial charge >= 0.3 is 0 Å². The normalized spacial score (nSPS) is 25.6. The zero-order valence-electron chi connectivity index (χ0n) is 25.1. The third-order valence-electron chi connectivity index (χ3n) is 9.62. The van der Waals surface area contributed by atoms with Crippen LogP contribution in [0.5, 0.6) is 0 Å². The van der Waals surface area contributed by atoms with Crippen LogP contribution < -0.4 is 16.4 Å². The summed E-state index contributed by atoms with van der Waals surface area (Å²) < 4.78 is 0. The molecule has 5 atom stereocenters. The number of nitrogens with zero attached hydrogens (tertiary/aromatic N) is 3. The number of nitrogens with one attached hydrogen (secondary N) is 2. The topological polar surface area (TPSA) is 86.5 Å². The predicted octanol–water partition coefficient (Wildman–Crippen LogP) is 4.46. The molecule has 1 saturated heterocycles. The fourth-order valence-corrected chi connectivity index (χ4v) is 7.33. The van der Waals surface area contributed by atoms with Crippen LogP contribution in [0.3, 0.4) is 0 Å². The van der Waals surface area contributed by atoms with E-state index in [1.54, 1.807) is 0 Å². The number of hydrogen-bond acceptors (Lipinski definition) is 6. The van der Waals surface area contributed by atoms with Crippen molar-refractivity contribution in [2.75, 3.05) is 45.8 Å². The van der Waals surface area contributed by atoms with E-state index in [-0.39, 0.29) is 17.9 Å². The maximum atomic E-state index is 13.2. The van der Waals surface area contributed by atoms with Crippen LogP contribution in [0.25, 0.3) is 0 Å². The molecule has 1 aromatic carbocycles. The third kappa shape index (κ3) is 8.38. The van der Waals surface area contributed by atoms with Crippen LogP contribution in [0.2, 0.25) is 0 Å². The van der Waals surface area contributed by atoms with E-state index < -0.39 is 0 Å². The van der Waals surface area contributed by atoms with Crippen molar-refractivity contribution in [1.29, 1.82) is 0 Å². The number of nitrogens with two attached hydrogens (primary N) is 1. The molecule has 0 bridgehead atoms. The van der Waals surface area contributed by atoms with Crippen LogP contribution in [-0.4, -0.2) is 72.5 Å². The van der Waals surface area contributed by atoms with Crippen LogP contribution >= 0.6 is 0 Å². The number of aromatic nitrogens is 1. The molecular weight excluding hydrogens is 508 g/mol. The molecule has 1 amide bonds. The van der Waals surface area contributed by atoms with Crippen LogP contribution in [0, 0.1) is 11.8 Å². The average Bonchev–Trinajstić information content (AvgIpc) is 3.45. The van der Waals surface area contributed by atoms with Crippen molar-refractivity contribution in [1.82, 2.24) is 25.4 Å². The molecule has 4 N–H and O–H groups in total. The summed E-state index contributed by atoms with van der Waals surface area (Å²) in [6.45, 7) is 9.19. The molecule has 2 heterocycles. The highest BCUT2D eigenvalue weighted by Gasteiger charge is 2.31. The van der Waals surface area contributed by atoms with E-state index in [4.69, 9.17) is 10.7 Å². The number of benzene rings is 1. The minimum absolute atomic E-state index is 0.0607. The van der Waals surface area contributed by atoms with E-state index in [0.717, 1.165) is 84.3 Å². The number of rotatable bonds is 13. The monoisotopic (exact) mass is 560 g/mol. The number of amides is 1. The van der Waals surface area contributed by atoms with Gasteiger partial charge in [0.2, 0.25) is 5.91 Å². The van der Waals surface area contributed by atoms with Crippen molar-refractivity contribution < 1.29 is 4.79 Å². The van der Waals surface area contributed by atoms with Gasteiger partial charge in [-0.05, 0) is 94.0 Å². The van der Waals surface area contributed by atoms with Crippen molar-refractivity contribution in [2.24, 2.45) is 17.6 Å². The highest BCUT2D eigenvalue weighted by atomic mass is 16.1. The Morgan fingerprint density at radius 2 is 2.05 bits per heavy atom. The van der Waals surface area contributed by atoms with E-state index >= 15 is 0 Å². The second-order valence-electron chi connectivity index (χ2n) is 12.8. The van der Waals surface area contributed by atoms with E-state index in [1.165, 1.54) is 36.1 Å². The molecule has 7 nitrogen and oxygen atoms in total. The molecule has 2 aromatic rings. The van der Waals surface area contributed by atoms with Crippen molar-refractivity contribution >= 4 is 5.91 Å². The fourth-order valence-electron chi connectivity index (χ4n) is 7.33.